The van der Waals surface area contributed by atoms with Gasteiger partial charge in [-0.25, -0.2) is 8.42 Å². The Kier molecular flexibility index (Phi) is 4.04. The number of benzene rings is 1. The van der Waals surface area contributed by atoms with E-state index in [9.17, 15) is 8.42 Å². The molecule has 1 N–H and O–H groups in total. The molecule has 0 aliphatic carbocycles. The highest BCUT2D eigenvalue weighted by Gasteiger charge is 2.30. The highest BCUT2D eigenvalue weighted by atomic mass is 32.2. The number of nitrogens with zero attached hydrogens (tertiary/aromatic N) is 1. The van der Waals surface area contributed by atoms with Crippen LogP contribution in [-0.2, 0) is 16.6 Å². The van der Waals surface area contributed by atoms with Gasteiger partial charge in [0.1, 0.15) is 0 Å². The molecule has 1 aliphatic heterocycles. The summed E-state index contributed by atoms with van der Waals surface area (Å²) >= 11 is 0. The van der Waals surface area contributed by atoms with Crippen LogP contribution in [0.5, 0.6) is 0 Å². The smallest absolute Gasteiger partial charge is 0.218 e. The predicted octanol–water partition coefficient (Wildman–Crippen LogP) is 1.12. The Labute approximate surface area is 109 Å². The minimum atomic E-state index is -3.18. The average Bonchev–Trinajstić information content (AvgIpc) is 2.45. The Morgan fingerprint density at radius 2 is 2.00 bits per heavy atom. The van der Waals surface area contributed by atoms with Crippen molar-refractivity contribution in [3.05, 3.63) is 35.4 Å². The van der Waals surface area contributed by atoms with Gasteiger partial charge in [-0.2, -0.15) is 4.31 Å². The van der Waals surface area contributed by atoms with E-state index in [0.29, 0.717) is 19.6 Å². The van der Waals surface area contributed by atoms with Crippen LogP contribution in [0.25, 0.3) is 0 Å². The zero-order valence-corrected chi connectivity index (χ0v) is 11.7. The van der Waals surface area contributed by atoms with Gasteiger partial charge >= 0.3 is 0 Å². The summed E-state index contributed by atoms with van der Waals surface area (Å²) in [5.74, 6) is 0. The van der Waals surface area contributed by atoms with E-state index in [1.54, 1.807) is 11.2 Å². The molecule has 1 aromatic rings. The predicted molar refractivity (Wildman–Crippen MR) is 72.8 cm³/mol. The van der Waals surface area contributed by atoms with Crippen molar-refractivity contribution in [3.63, 3.8) is 0 Å². The lowest BCUT2D eigenvalue weighted by molar-refractivity contribution is 0.413. The first-order valence-electron chi connectivity index (χ1n) is 6.25. The van der Waals surface area contributed by atoms with Crippen LogP contribution >= 0.6 is 0 Å². The van der Waals surface area contributed by atoms with Crippen LogP contribution in [0.15, 0.2) is 24.3 Å². The van der Waals surface area contributed by atoms with E-state index in [1.165, 1.54) is 5.56 Å². The van der Waals surface area contributed by atoms with E-state index in [0.717, 1.165) is 12.1 Å². The molecule has 1 heterocycles. The maximum atomic E-state index is 12.3. The molecule has 18 heavy (non-hydrogen) atoms. The molecule has 0 amide bonds. The van der Waals surface area contributed by atoms with Gasteiger partial charge in [-0.1, -0.05) is 29.8 Å². The summed E-state index contributed by atoms with van der Waals surface area (Å²) in [6, 6.07) is 8.02. The van der Waals surface area contributed by atoms with Crippen LogP contribution < -0.4 is 5.32 Å². The second kappa shape index (κ2) is 5.38. The third kappa shape index (κ3) is 2.91. The first-order valence-corrected chi connectivity index (χ1v) is 7.75. The number of sulfonamides is 1. The molecule has 1 atom stereocenters. The number of hydrogen-bond donors (Lipinski definition) is 1. The molecule has 1 aliphatic rings. The molecule has 2 rings (SSSR count). The van der Waals surface area contributed by atoms with Gasteiger partial charge in [0.15, 0.2) is 0 Å². The fraction of sp³-hybridized carbons (Fsp3) is 0.538. The topological polar surface area (TPSA) is 49.4 Å². The van der Waals surface area contributed by atoms with Crippen molar-refractivity contribution in [2.45, 2.75) is 25.6 Å². The van der Waals surface area contributed by atoms with E-state index in [2.05, 4.69) is 5.32 Å². The molecule has 4 nitrogen and oxygen atoms in total. The molecular weight excluding hydrogens is 248 g/mol. The zero-order valence-electron chi connectivity index (χ0n) is 10.9. The summed E-state index contributed by atoms with van der Waals surface area (Å²) in [5, 5.41) is 2.80. The quantitative estimate of drug-likeness (QED) is 0.874. The van der Waals surface area contributed by atoms with Gasteiger partial charge in [0.2, 0.25) is 10.0 Å². The average molecular weight is 268 g/mol. The molecule has 0 bridgehead atoms. The van der Waals surface area contributed by atoms with E-state index < -0.39 is 10.0 Å². The fourth-order valence-corrected chi connectivity index (χ4v) is 3.57. The highest BCUT2D eigenvalue weighted by molar-refractivity contribution is 7.89. The van der Waals surface area contributed by atoms with Crippen LogP contribution in [0.2, 0.25) is 0 Å². The van der Waals surface area contributed by atoms with Gasteiger partial charge in [-0.3, -0.25) is 0 Å². The number of rotatable bonds is 2. The van der Waals surface area contributed by atoms with E-state index in [4.69, 9.17) is 0 Å². The lowest BCUT2D eigenvalue weighted by Gasteiger charge is -2.22. The van der Waals surface area contributed by atoms with Gasteiger partial charge in [0, 0.05) is 26.2 Å². The van der Waals surface area contributed by atoms with Crippen molar-refractivity contribution in [2.75, 3.05) is 19.6 Å². The SMILES string of the molecule is Cc1ccc(CN2CCNCC(C)S2(=O)=O)cc1. The number of nitrogens with one attached hydrogen (secondary N) is 1. The highest BCUT2D eigenvalue weighted by Crippen LogP contribution is 2.15. The molecule has 1 aromatic carbocycles. The molecule has 5 heteroatoms. The van der Waals surface area contributed by atoms with Crippen molar-refractivity contribution < 1.29 is 8.42 Å². The summed E-state index contributed by atoms with van der Waals surface area (Å²) in [7, 11) is -3.18. The van der Waals surface area contributed by atoms with Crippen molar-refractivity contribution in [2.24, 2.45) is 0 Å². The Bertz CT molecular complexity index is 496. The minimum Gasteiger partial charge on any atom is -0.314 e. The van der Waals surface area contributed by atoms with Crippen molar-refractivity contribution >= 4 is 10.0 Å². The van der Waals surface area contributed by atoms with Gasteiger partial charge in [0.05, 0.1) is 5.25 Å². The molecule has 0 aromatic heterocycles. The van der Waals surface area contributed by atoms with E-state index in [-0.39, 0.29) is 5.25 Å². The Balaban J connectivity index is 2.18. The van der Waals surface area contributed by atoms with E-state index >= 15 is 0 Å². The Morgan fingerprint density at radius 1 is 1.33 bits per heavy atom. The lowest BCUT2D eigenvalue weighted by Crippen LogP contribution is -2.37. The first-order chi connectivity index (χ1) is 8.50. The van der Waals surface area contributed by atoms with Gasteiger partial charge in [-0.05, 0) is 19.4 Å². The molecule has 0 spiro atoms. The third-order valence-electron chi connectivity index (χ3n) is 3.32. The summed E-state index contributed by atoms with van der Waals surface area (Å²) < 4.78 is 26.2. The van der Waals surface area contributed by atoms with Crippen LogP contribution in [0.1, 0.15) is 18.1 Å². The molecule has 100 valence electrons. The summed E-state index contributed by atoms with van der Waals surface area (Å²) in [5.41, 5.74) is 2.23. The number of hydrogen-bond acceptors (Lipinski definition) is 3. The molecular formula is C13H20N2O2S. The van der Waals surface area contributed by atoms with Crippen LogP contribution in [0, 0.1) is 6.92 Å². The van der Waals surface area contributed by atoms with E-state index in [1.807, 2.05) is 31.2 Å². The Morgan fingerprint density at radius 3 is 2.67 bits per heavy atom. The second-order valence-electron chi connectivity index (χ2n) is 4.88. The lowest BCUT2D eigenvalue weighted by atomic mass is 10.1. The molecule has 1 unspecified atom stereocenters. The normalized spacial score (nSPS) is 24.7. The fourth-order valence-electron chi connectivity index (χ4n) is 2.06. The summed E-state index contributed by atoms with van der Waals surface area (Å²) in [6.45, 7) is 6.05. The zero-order chi connectivity index (χ0) is 13.2. The van der Waals surface area contributed by atoms with Gasteiger partial charge in [-0.15, -0.1) is 0 Å². The molecule has 1 fully saturated rings. The van der Waals surface area contributed by atoms with Crippen molar-refractivity contribution in [1.29, 1.82) is 0 Å². The second-order valence-corrected chi connectivity index (χ2v) is 7.23. The van der Waals surface area contributed by atoms with Crippen LogP contribution in [0.4, 0.5) is 0 Å². The third-order valence-corrected chi connectivity index (χ3v) is 5.53. The van der Waals surface area contributed by atoms with Crippen LogP contribution in [-0.4, -0.2) is 37.6 Å². The Hall–Kier alpha value is -0.910. The molecule has 1 saturated heterocycles. The summed E-state index contributed by atoms with van der Waals surface area (Å²) in [4.78, 5) is 0. The van der Waals surface area contributed by atoms with Gasteiger partial charge < -0.3 is 5.32 Å². The maximum Gasteiger partial charge on any atom is 0.218 e. The van der Waals surface area contributed by atoms with Crippen LogP contribution in [0.3, 0.4) is 0 Å². The maximum absolute atomic E-state index is 12.3. The number of aryl methyl sites for hydroxylation is 1. The summed E-state index contributed by atoms with van der Waals surface area (Å²) in [6.07, 6.45) is 0. The molecule has 0 radical (unpaired) electrons. The largest absolute Gasteiger partial charge is 0.314 e. The van der Waals surface area contributed by atoms with Crippen molar-refractivity contribution in [1.82, 2.24) is 9.62 Å². The monoisotopic (exact) mass is 268 g/mol. The minimum absolute atomic E-state index is 0.356. The first kappa shape index (κ1) is 13.5. The van der Waals surface area contributed by atoms with Crippen molar-refractivity contribution in [3.8, 4) is 0 Å². The molecule has 0 saturated carbocycles. The standard InChI is InChI=1S/C13H20N2O2S/c1-11-3-5-13(6-4-11)10-15-8-7-14-9-12(2)18(15,16)17/h3-6,12,14H,7-10H2,1-2H3. The van der Waals surface area contributed by atoms with Gasteiger partial charge in [0.25, 0.3) is 0 Å².